The molecule has 1 aromatic heterocycles. The van der Waals surface area contributed by atoms with Crippen molar-refractivity contribution in [1.82, 2.24) is 30.7 Å². The molecule has 3 aromatic rings. The Bertz CT molecular complexity index is 2350. The summed E-state index contributed by atoms with van der Waals surface area (Å²) >= 11 is 1.39. The van der Waals surface area contributed by atoms with Crippen molar-refractivity contribution in [3.05, 3.63) is 105 Å². The smallest absolute Gasteiger partial charge is 0.273 e. The molecule has 0 radical (unpaired) electrons. The van der Waals surface area contributed by atoms with Gasteiger partial charge in [0.2, 0.25) is 17.6 Å². The van der Waals surface area contributed by atoms with E-state index < -0.39 is 28.9 Å². The summed E-state index contributed by atoms with van der Waals surface area (Å²) in [6.45, 7) is 8.16. The Morgan fingerprint density at radius 2 is 1.69 bits per heavy atom. The first kappa shape index (κ1) is 54.5. The van der Waals surface area contributed by atoms with Crippen molar-refractivity contribution in [3.63, 3.8) is 0 Å². The minimum Gasteiger partial charge on any atom is -0.494 e. The molecule has 2 aliphatic heterocycles. The van der Waals surface area contributed by atoms with Crippen LogP contribution in [0.5, 0.6) is 5.75 Å². The highest BCUT2D eigenvalue weighted by molar-refractivity contribution is 7.07. The summed E-state index contributed by atoms with van der Waals surface area (Å²) in [6, 6.07) is 16.6. The molecule has 3 heterocycles. The lowest BCUT2D eigenvalue weighted by Crippen LogP contribution is -2.49. The van der Waals surface area contributed by atoms with Gasteiger partial charge in [-0.15, -0.1) is 11.3 Å². The monoisotopic (exact) mass is 999 g/mol. The molecular formula is C53H72F2N10O5S. The van der Waals surface area contributed by atoms with Crippen LogP contribution in [-0.2, 0) is 14.4 Å². The van der Waals surface area contributed by atoms with Gasteiger partial charge in [-0.2, -0.15) is 0 Å². The number of aromatic nitrogens is 1. The van der Waals surface area contributed by atoms with Gasteiger partial charge >= 0.3 is 0 Å². The summed E-state index contributed by atoms with van der Waals surface area (Å²) in [7, 11) is 1.71. The molecule has 2 saturated heterocycles. The summed E-state index contributed by atoms with van der Waals surface area (Å²) in [5.74, 6) is -3.90. The van der Waals surface area contributed by atoms with Gasteiger partial charge in [0.15, 0.2) is 0 Å². The SMILES string of the molecule is C1CCCCC1.CC12CC(N)=C(C(=N)C(=O)N/C(C=NC(c3ccccc3)C3CN(CCCCOc4cccc(C(=O)c5cscn5)c4)C3)=C/N)CC1C2(F)F.CNC(C)C(=O)NCC(=O)N1CCCC1. The van der Waals surface area contributed by atoms with E-state index in [1.165, 1.54) is 69.2 Å². The molecule has 8 rings (SSSR count). The zero-order valence-electron chi connectivity index (χ0n) is 41.4. The number of benzene rings is 2. The minimum absolute atomic E-state index is 0.0177. The number of halogens is 2. The number of amides is 3. The average molecular weight is 999 g/mol. The fourth-order valence-corrected chi connectivity index (χ4v) is 10.0. The van der Waals surface area contributed by atoms with E-state index in [2.05, 4.69) is 25.8 Å². The van der Waals surface area contributed by atoms with Gasteiger partial charge in [-0.3, -0.25) is 29.6 Å². The number of ketones is 1. The Morgan fingerprint density at radius 1 is 1.00 bits per heavy atom. The van der Waals surface area contributed by atoms with Crippen LogP contribution in [0, 0.1) is 22.7 Å². The normalized spacial score (nSPS) is 21.6. The maximum Gasteiger partial charge on any atom is 0.273 e. The molecule has 4 atom stereocenters. The molecule has 4 fully saturated rings. The summed E-state index contributed by atoms with van der Waals surface area (Å²) in [5, 5.41) is 18.2. The van der Waals surface area contributed by atoms with Gasteiger partial charge in [-0.25, -0.2) is 13.8 Å². The second-order valence-corrected chi connectivity index (χ2v) is 20.0. The number of nitrogens with one attached hydrogen (secondary N) is 4. The van der Waals surface area contributed by atoms with Gasteiger partial charge in [0.05, 0.1) is 36.4 Å². The molecule has 3 amide bonds. The molecule has 2 saturated carbocycles. The number of carbonyl (C=O) groups is 4. The standard InChI is InChI=1S/C37H41F2N7O3S.C10H19N3O2.C6H12/c1-36-16-29(41)28(15-31(36)37(36,38)39)32(42)35(48)45-26(17-40)18-43-33(23-8-3-2-4-9-23)25-19-46(20-25)12-5-6-13-49-27-11-7-10-24(14-27)34(47)30-21-50-22-44-30;1-8(11-2)10(15)12-7-9(14)13-5-3-4-6-13;1-2-4-6-5-3-1/h2-4,7-11,14,17-18,21-22,25,31,33,42H,5-6,12-13,15-16,19-20,40-41H2,1H3,(H,45,48);8,11H,3-7H2,1-2H3,(H,12,15);1-6H2/b26-17+,42-32?,43-18?;;. The Morgan fingerprint density at radius 3 is 2.32 bits per heavy atom. The Balaban J connectivity index is 0.000000323. The van der Waals surface area contributed by atoms with Crippen LogP contribution in [0.3, 0.4) is 0 Å². The van der Waals surface area contributed by atoms with E-state index in [0.717, 1.165) is 64.0 Å². The lowest BCUT2D eigenvalue weighted by molar-refractivity contribution is -0.132. The first-order valence-electron chi connectivity index (χ1n) is 25.0. The highest BCUT2D eigenvalue weighted by atomic mass is 32.1. The van der Waals surface area contributed by atoms with Crippen LogP contribution < -0.4 is 32.2 Å². The van der Waals surface area contributed by atoms with Gasteiger partial charge in [-0.05, 0) is 76.7 Å². The van der Waals surface area contributed by atoms with Crippen molar-refractivity contribution in [2.24, 2.45) is 33.7 Å². The number of hydrogen-bond donors (Lipinski definition) is 6. The number of thiazole rings is 1. The van der Waals surface area contributed by atoms with E-state index in [1.54, 1.807) is 41.9 Å². The molecule has 2 aromatic carbocycles. The van der Waals surface area contributed by atoms with Crippen LogP contribution >= 0.6 is 11.3 Å². The Kier molecular flexibility index (Phi) is 20.0. The van der Waals surface area contributed by atoms with Gasteiger partial charge < -0.3 is 42.0 Å². The molecule has 5 aliphatic rings. The minimum atomic E-state index is -2.86. The van der Waals surface area contributed by atoms with Crippen molar-refractivity contribution in [1.29, 1.82) is 5.41 Å². The quantitative estimate of drug-likeness (QED) is 0.0404. The number of likely N-dealkylation sites (tertiary alicyclic amines) is 2. The third-order valence-electron chi connectivity index (χ3n) is 14.2. The number of nitrogens with zero attached hydrogens (tertiary/aromatic N) is 4. The van der Waals surface area contributed by atoms with E-state index >= 15 is 0 Å². The molecule has 18 heteroatoms. The number of carbonyl (C=O) groups excluding carboxylic acids is 4. The third-order valence-corrected chi connectivity index (χ3v) is 14.8. The first-order chi connectivity index (χ1) is 34.2. The zero-order chi connectivity index (χ0) is 51.0. The maximum absolute atomic E-state index is 14.3. The van der Waals surface area contributed by atoms with Crippen molar-refractivity contribution in [2.45, 2.75) is 109 Å². The number of nitrogens with two attached hydrogens (primary N) is 2. The number of alkyl halides is 2. The maximum atomic E-state index is 14.3. The molecule has 384 valence electrons. The van der Waals surface area contributed by atoms with Gasteiger partial charge in [-0.1, -0.05) is 87.9 Å². The van der Waals surface area contributed by atoms with E-state index in [-0.39, 0.29) is 72.0 Å². The topological polar surface area (TPSA) is 221 Å². The van der Waals surface area contributed by atoms with Gasteiger partial charge in [0.1, 0.15) is 17.2 Å². The molecular weight excluding hydrogens is 927 g/mol. The van der Waals surface area contributed by atoms with Crippen molar-refractivity contribution >= 4 is 46.8 Å². The predicted octanol–water partition coefficient (Wildman–Crippen LogP) is 7.16. The number of ether oxygens (including phenoxy) is 1. The molecule has 0 spiro atoms. The highest BCUT2D eigenvalue weighted by Crippen LogP contribution is 2.72. The van der Waals surface area contributed by atoms with Crippen LogP contribution in [0.1, 0.15) is 119 Å². The zero-order valence-corrected chi connectivity index (χ0v) is 42.2. The summed E-state index contributed by atoms with van der Waals surface area (Å²) in [6.07, 6.45) is 15.5. The van der Waals surface area contributed by atoms with Crippen LogP contribution in [0.15, 0.2) is 93.6 Å². The van der Waals surface area contributed by atoms with Crippen molar-refractivity contribution in [2.75, 3.05) is 52.9 Å². The number of aliphatic imine (C=N–C) groups is 1. The number of hydrogen-bond acceptors (Lipinski definition) is 13. The van der Waals surface area contributed by atoms with Crippen LogP contribution in [0.4, 0.5) is 8.78 Å². The summed E-state index contributed by atoms with van der Waals surface area (Å²) < 4.78 is 34.5. The van der Waals surface area contributed by atoms with Crippen LogP contribution in [0.2, 0.25) is 0 Å². The molecule has 0 bridgehead atoms. The van der Waals surface area contributed by atoms with Crippen LogP contribution in [-0.4, -0.2) is 115 Å². The highest BCUT2D eigenvalue weighted by Gasteiger charge is 2.78. The number of unbranched alkanes of at least 4 members (excludes halogenated alkanes) is 1. The van der Waals surface area contributed by atoms with Crippen molar-refractivity contribution < 1.29 is 32.7 Å². The summed E-state index contributed by atoms with van der Waals surface area (Å²) in [5.41, 5.74) is 14.4. The van der Waals surface area contributed by atoms with E-state index in [1.807, 2.05) is 42.5 Å². The second kappa shape index (κ2) is 26.0. The van der Waals surface area contributed by atoms with Gasteiger partial charge in [0.25, 0.3) is 11.8 Å². The number of allylic oxidation sites excluding steroid dienone is 2. The van der Waals surface area contributed by atoms with Gasteiger partial charge in [0, 0.05) is 78.1 Å². The fraction of sp³-hybridized carbons (Fsp3) is 0.528. The molecule has 4 unspecified atom stereocenters. The summed E-state index contributed by atoms with van der Waals surface area (Å²) in [4.78, 5) is 61.6. The van der Waals surface area contributed by atoms with E-state index in [9.17, 15) is 28.0 Å². The second-order valence-electron chi connectivity index (χ2n) is 19.3. The lowest BCUT2D eigenvalue weighted by atomic mass is 9.86. The molecule has 15 nitrogen and oxygen atoms in total. The lowest BCUT2D eigenvalue weighted by Gasteiger charge is -2.42. The van der Waals surface area contributed by atoms with Crippen molar-refractivity contribution in [3.8, 4) is 5.75 Å². The number of rotatable bonds is 19. The Hall–Kier alpha value is -5.85. The molecule has 71 heavy (non-hydrogen) atoms. The van der Waals surface area contributed by atoms with E-state index in [4.69, 9.17) is 26.6 Å². The fourth-order valence-electron chi connectivity index (χ4n) is 9.51. The average Bonchev–Trinajstić information content (AvgIpc) is 3.98. The van der Waals surface area contributed by atoms with E-state index in [0.29, 0.717) is 23.6 Å². The number of fused-ring (bicyclic) bond motifs is 1. The largest absolute Gasteiger partial charge is 0.494 e. The third kappa shape index (κ3) is 14.6. The van der Waals surface area contributed by atoms with Crippen LogP contribution in [0.25, 0.3) is 0 Å². The number of likely N-dealkylation sites (N-methyl/N-ethyl adjacent to an activating group) is 1. The Labute approximate surface area is 420 Å². The first-order valence-corrected chi connectivity index (χ1v) is 26.0. The molecule has 8 N–H and O–H groups in total. The predicted molar refractivity (Wildman–Crippen MR) is 275 cm³/mol. The molecule has 3 aliphatic carbocycles.